The van der Waals surface area contributed by atoms with Crippen LogP contribution in [0.15, 0.2) is 42.4 Å². The van der Waals surface area contributed by atoms with Crippen molar-refractivity contribution in [1.29, 1.82) is 0 Å². The fraction of sp³-hybridized carbons (Fsp3) is 0.440. The maximum absolute atomic E-state index is 13.8. The molecule has 33 heavy (non-hydrogen) atoms. The first-order valence-corrected chi connectivity index (χ1v) is 11.1. The van der Waals surface area contributed by atoms with Crippen molar-refractivity contribution in [3.8, 4) is 5.75 Å². The minimum Gasteiger partial charge on any atom is -0.488 e. The second kappa shape index (κ2) is 9.54. The van der Waals surface area contributed by atoms with Gasteiger partial charge in [-0.2, -0.15) is 0 Å². The number of hydrogen-bond donors (Lipinski definition) is 0. The Kier molecular flexibility index (Phi) is 6.91. The van der Waals surface area contributed by atoms with Gasteiger partial charge < -0.3 is 23.5 Å². The van der Waals surface area contributed by atoms with Crippen LogP contribution in [-0.2, 0) is 25.4 Å². The molecular weight excluding hydrogens is 429 g/mol. The van der Waals surface area contributed by atoms with Gasteiger partial charge in [-0.05, 0) is 74.6 Å². The zero-order valence-electron chi connectivity index (χ0n) is 19.5. The van der Waals surface area contributed by atoms with Crippen molar-refractivity contribution in [3.63, 3.8) is 0 Å². The summed E-state index contributed by atoms with van der Waals surface area (Å²) >= 11 is 0. The van der Waals surface area contributed by atoms with Crippen LogP contribution in [0.3, 0.4) is 0 Å². The largest absolute Gasteiger partial charge is 0.488 e. The maximum atomic E-state index is 13.8. The molecule has 2 fully saturated rings. The van der Waals surface area contributed by atoms with Gasteiger partial charge in [-0.3, -0.25) is 0 Å². The molecule has 3 aliphatic rings. The number of benzene rings is 2. The quantitative estimate of drug-likeness (QED) is 0.566. The van der Waals surface area contributed by atoms with Crippen LogP contribution >= 0.6 is 0 Å². The van der Waals surface area contributed by atoms with Crippen molar-refractivity contribution in [2.45, 2.75) is 45.5 Å². The van der Waals surface area contributed by atoms with E-state index in [-0.39, 0.29) is 18.2 Å². The van der Waals surface area contributed by atoms with E-state index in [1.807, 2.05) is 33.7 Å². The van der Waals surface area contributed by atoms with E-state index >= 15 is 0 Å². The Hall–Kier alpha value is -2.26. The number of hydrogen-bond acceptors (Lipinski definition) is 5. The lowest BCUT2D eigenvalue weighted by atomic mass is 9.81. The Labute approximate surface area is 193 Å². The molecule has 2 aromatic rings. The van der Waals surface area contributed by atoms with Crippen molar-refractivity contribution in [3.05, 3.63) is 70.7 Å². The van der Waals surface area contributed by atoms with Crippen molar-refractivity contribution in [2.24, 2.45) is 0 Å². The molecule has 3 heterocycles. The van der Waals surface area contributed by atoms with Gasteiger partial charge in [0, 0.05) is 11.6 Å². The van der Waals surface area contributed by atoms with E-state index in [4.69, 9.17) is 23.5 Å². The molecule has 2 aromatic carbocycles. The third kappa shape index (κ3) is 5.30. The molecule has 0 bridgehead atoms. The third-order valence-corrected chi connectivity index (χ3v) is 6.29. The van der Waals surface area contributed by atoms with Gasteiger partial charge in [0.15, 0.2) is 0 Å². The minimum absolute atomic E-state index is 0.157. The van der Waals surface area contributed by atoms with E-state index in [9.17, 15) is 8.78 Å². The molecule has 0 unspecified atom stereocenters. The molecule has 5 nitrogen and oxygen atoms in total. The molecule has 0 amide bonds. The standard InChI is InChI=1S/C21H21BF2O3.C4H8O2/c1-20(2)21(3,4)27-22(26-20)11-18-16-7-5-14(23)9-13(16)12-25-19-10-15(24)6-8-17(18)19;1-2-6-4-3-5-1/h5-11H,12H2,1-4H3;1-4H2/b18-11+;. The van der Waals surface area contributed by atoms with Crippen molar-refractivity contribution >= 4 is 12.7 Å². The van der Waals surface area contributed by atoms with Crippen LogP contribution in [0, 0.1) is 11.6 Å². The van der Waals surface area contributed by atoms with Crippen LogP contribution in [0.4, 0.5) is 8.78 Å². The zero-order chi connectivity index (χ0) is 23.6. The molecule has 3 aliphatic heterocycles. The molecule has 0 atom stereocenters. The molecule has 0 saturated carbocycles. The normalized spacial score (nSPS) is 21.9. The van der Waals surface area contributed by atoms with E-state index in [1.54, 1.807) is 12.1 Å². The highest BCUT2D eigenvalue weighted by Crippen LogP contribution is 2.41. The first-order chi connectivity index (χ1) is 15.7. The Balaban J connectivity index is 0.000000376. The summed E-state index contributed by atoms with van der Waals surface area (Å²) in [5.74, 6) is 1.54. The number of ether oxygens (including phenoxy) is 3. The smallest absolute Gasteiger partial charge is 0.487 e. The fourth-order valence-electron chi connectivity index (χ4n) is 3.80. The predicted octanol–water partition coefficient (Wildman–Crippen LogP) is 4.95. The van der Waals surface area contributed by atoms with Gasteiger partial charge in [0.25, 0.3) is 0 Å². The van der Waals surface area contributed by atoms with Crippen LogP contribution in [0.25, 0.3) is 5.57 Å². The highest BCUT2D eigenvalue weighted by atomic mass is 19.1. The van der Waals surface area contributed by atoms with E-state index in [1.165, 1.54) is 24.3 Å². The maximum Gasteiger partial charge on any atom is 0.487 e. The Morgan fingerprint density at radius 2 is 1.33 bits per heavy atom. The molecule has 0 radical (unpaired) electrons. The summed E-state index contributed by atoms with van der Waals surface area (Å²) in [6.07, 6.45) is 0. The molecule has 5 rings (SSSR count). The number of fused-ring (bicyclic) bond motifs is 2. The van der Waals surface area contributed by atoms with Gasteiger partial charge in [-0.15, -0.1) is 0 Å². The van der Waals surface area contributed by atoms with E-state index < -0.39 is 18.3 Å². The summed E-state index contributed by atoms with van der Waals surface area (Å²) in [5.41, 5.74) is 2.04. The third-order valence-electron chi connectivity index (χ3n) is 6.29. The van der Waals surface area contributed by atoms with Gasteiger partial charge in [-0.25, -0.2) is 8.78 Å². The monoisotopic (exact) mass is 458 g/mol. The van der Waals surface area contributed by atoms with Crippen LogP contribution in [0.5, 0.6) is 5.75 Å². The summed E-state index contributed by atoms with van der Waals surface area (Å²) < 4.78 is 55.4. The van der Waals surface area contributed by atoms with Gasteiger partial charge in [0.05, 0.1) is 37.6 Å². The van der Waals surface area contributed by atoms with Crippen LogP contribution in [0.2, 0.25) is 0 Å². The SMILES string of the molecule is C1COCCO1.CC1(C)OB(/C=C2\c3ccc(F)cc3COc3cc(F)ccc32)OC1(C)C. The van der Waals surface area contributed by atoms with Gasteiger partial charge in [-0.1, -0.05) is 6.07 Å². The molecule has 0 N–H and O–H groups in total. The second-order valence-electron chi connectivity index (χ2n) is 9.16. The second-order valence-corrected chi connectivity index (χ2v) is 9.16. The topological polar surface area (TPSA) is 46.2 Å². The van der Waals surface area contributed by atoms with Crippen LogP contribution in [0.1, 0.15) is 44.4 Å². The van der Waals surface area contributed by atoms with Gasteiger partial charge in [0.1, 0.15) is 24.0 Å². The Morgan fingerprint density at radius 1 is 0.788 bits per heavy atom. The van der Waals surface area contributed by atoms with E-state index in [0.717, 1.165) is 43.1 Å². The van der Waals surface area contributed by atoms with Gasteiger partial charge >= 0.3 is 7.12 Å². The summed E-state index contributed by atoms with van der Waals surface area (Å²) in [6, 6.07) is 8.95. The zero-order valence-corrected chi connectivity index (χ0v) is 19.5. The molecular formula is C25H29BF2O5. The van der Waals surface area contributed by atoms with Crippen molar-refractivity contribution in [1.82, 2.24) is 0 Å². The lowest BCUT2D eigenvalue weighted by Crippen LogP contribution is -2.41. The summed E-state index contributed by atoms with van der Waals surface area (Å²) in [4.78, 5) is 0. The molecule has 8 heteroatoms. The average Bonchev–Trinajstić information content (AvgIpc) is 2.89. The lowest BCUT2D eigenvalue weighted by molar-refractivity contribution is -0.0334. The van der Waals surface area contributed by atoms with Crippen molar-refractivity contribution in [2.75, 3.05) is 26.4 Å². The molecule has 0 spiro atoms. The Bertz CT molecular complexity index is 950. The summed E-state index contributed by atoms with van der Waals surface area (Å²) in [7, 11) is -0.584. The molecule has 0 aliphatic carbocycles. The number of halogens is 2. The summed E-state index contributed by atoms with van der Waals surface area (Å²) in [6.45, 7) is 11.2. The fourth-order valence-corrected chi connectivity index (χ4v) is 3.80. The molecule has 176 valence electrons. The van der Waals surface area contributed by atoms with E-state index in [2.05, 4.69) is 0 Å². The Morgan fingerprint density at radius 3 is 1.91 bits per heavy atom. The van der Waals surface area contributed by atoms with Crippen LogP contribution < -0.4 is 4.74 Å². The predicted molar refractivity (Wildman–Crippen MR) is 122 cm³/mol. The first kappa shape index (κ1) is 23.9. The minimum atomic E-state index is -0.584. The average molecular weight is 458 g/mol. The lowest BCUT2D eigenvalue weighted by Gasteiger charge is -2.32. The first-order valence-electron chi connectivity index (χ1n) is 11.1. The number of rotatable bonds is 1. The highest BCUT2D eigenvalue weighted by Gasteiger charge is 2.50. The molecule has 2 saturated heterocycles. The van der Waals surface area contributed by atoms with Crippen molar-refractivity contribution < 1.29 is 32.3 Å². The summed E-state index contributed by atoms with van der Waals surface area (Å²) in [5, 5.41) is 0. The van der Waals surface area contributed by atoms with Crippen LogP contribution in [-0.4, -0.2) is 44.7 Å². The molecule has 0 aromatic heterocycles. The highest BCUT2D eigenvalue weighted by molar-refractivity contribution is 6.53. The van der Waals surface area contributed by atoms with Gasteiger partial charge in [0.2, 0.25) is 0 Å². The van der Waals surface area contributed by atoms with E-state index in [0.29, 0.717) is 11.3 Å².